The summed E-state index contributed by atoms with van der Waals surface area (Å²) in [6.45, 7) is 0. The number of aromatic hydroxyl groups is 1. The van der Waals surface area contributed by atoms with Crippen LogP contribution in [0.15, 0.2) is 51.7 Å². The van der Waals surface area contributed by atoms with E-state index in [1.807, 2.05) is 0 Å². The molecule has 0 aliphatic carbocycles. The van der Waals surface area contributed by atoms with Crippen LogP contribution in [0.3, 0.4) is 0 Å². The topological polar surface area (TPSA) is 78.1 Å². The van der Waals surface area contributed by atoms with Gasteiger partial charge in [-0.1, -0.05) is 0 Å². The number of hydrogen-bond donors (Lipinski definition) is 1. The van der Waals surface area contributed by atoms with Crippen molar-refractivity contribution in [1.82, 2.24) is 0 Å². The van der Waals surface area contributed by atoms with E-state index in [9.17, 15) is 9.90 Å². The molecule has 1 aromatic heterocycles. The fourth-order valence-corrected chi connectivity index (χ4v) is 2.13. The molecule has 23 heavy (non-hydrogen) atoms. The molecule has 2 aromatic carbocycles. The Morgan fingerprint density at radius 1 is 0.913 bits per heavy atom. The van der Waals surface area contributed by atoms with Crippen molar-refractivity contribution in [2.45, 2.75) is 0 Å². The number of benzene rings is 2. The molecule has 3 rings (SSSR count). The second-order valence-corrected chi connectivity index (χ2v) is 4.71. The fraction of sp³-hybridized carbons (Fsp3) is 0.118. The second-order valence-electron chi connectivity index (χ2n) is 4.71. The first-order valence-corrected chi connectivity index (χ1v) is 6.78. The van der Waals surface area contributed by atoms with Gasteiger partial charge in [0, 0.05) is 6.07 Å². The minimum Gasteiger partial charge on any atom is -0.504 e. The highest BCUT2D eigenvalue weighted by molar-refractivity contribution is 5.86. The highest BCUT2D eigenvalue weighted by Crippen LogP contribution is 2.35. The van der Waals surface area contributed by atoms with Crippen LogP contribution in [0.25, 0.3) is 11.0 Å². The summed E-state index contributed by atoms with van der Waals surface area (Å²) in [5, 5.41) is 10.7. The van der Waals surface area contributed by atoms with Gasteiger partial charge in [0.25, 0.3) is 5.75 Å². The molecular formula is C17H14O6. The van der Waals surface area contributed by atoms with Crippen LogP contribution < -0.4 is 19.8 Å². The van der Waals surface area contributed by atoms with Crippen molar-refractivity contribution < 1.29 is 23.7 Å². The predicted octanol–water partition coefficient (Wildman–Crippen LogP) is 3.31. The zero-order valence-electron chi connectivity index (χ0n) is 12.5. The van der Waals surface area contributed by atoms with Crippen LogP contribution in [-0.2, 0) is 0 Å². The zero-order chi connectivity index (χ0) is 16.4. The molecular weight excluding hydrogens is 300 g/mol. The normalized spacial score (nSPS) is 10.5. The molecule has 118 valence electrons. The Bertz CT molecular complexity index is 895. The lowest BCUT2D eigenvalue weighted by molar-refractivity contribution is 0.384. The van der Waals surface area contributed by atoms with Gasteiger partial charge >= 0.3 is 5.63 Å². The summed E-state index contributed by atoms with van der Waals surface area (Å²) in [4.78, 5) is 12.1. The summed E-state index contributed by atoms with van der Waals surface area (Å²) in [7, 11) is 3.05. The van der Waals surface area contributed by atoms with Gasteiger partial charge in [-0.2, -0.15) is 0 Å². The molecule has 0 unspecified atom stereocenters. The van der Waals surface area contributed by atoms with Crippen molar-refractivity contribution in [3.05, 3.63) is 52.9 Å². The Kier molecular flexibility index (Phi) is 3.80. The Hall–Kier alpha value is -3.15. The molecule has 3 aromatic rings. The van der Waals surface area contributed by atoms with Crippen molar-refractivity contribution >= 4 is 11.0 Å². The summed E-state index contributed by atoms with van der Waals surface area (Å²) in [5.41, 5.74) is -0.562. The molecule has 0 atom stereocenters. The maximum atomic E-state index is 12.1. The first-order chi connectivity index (χ1) is 11.1. The van der Waals surface area contributed by atoms with Crippen molar-refractivity contribution in [2.24, 2.45) is 0 Å². The van der Waals surface area contributed by atoms with Gasteiger partial charge in [0.15, 0.2) is 5.75 Å². The maximum Gasteiger partial charge on any atom is 0.383 e. The van der Waals surface area contributed by atoms with Crippen LogP contribution in [0.2, 0.25) is 0 Å². The molecule has 0 aliphatic rings. The van der Waals surface area contributed by atoms with Crippen molar-refractivity contribution in [2.75, 3.05) is 14.2 Å². The molecule has 6 nitrogen and oxygen atoms in total. The van der Waals surface area contributed by atoms with Gasteiger partial charge in [-0.25, -0.2) is 4.79 Å². The third-order valence-corrected chi connectivity index (χ3v) is 3.33. The van der Waals surface area contributed by atoms with E-state index < -0.39 is 5.63 Å². The molecule has 0 spiro atoms. The molecule has 0 amide bonds. The molecule has 6 heteroatoms. The number of fused-ring (bicyclic) bond motifs is 1. The number of methoxy groups -OCH3 is 2. The van der Waals surface area contributed by atoms with E-state index in [1.54, 1.807) is 43.5 Å². The van der Waals surface area contributed by atoms with Crippen LogP contribution in [0.1, 0.15) is 0 Å². The van der Waals surface area contributed by atoms with Gasteiger partial charge in [-0.3, -0.25) is 0 Å². The lowest BCUT2D eigenvalue weighted by atomic mass is 10.2. The van der Waals surface area contributed by atoms with Crippen molar-refractivity contribution in [3.63, 3.8) is 0 Å². The van der Waals surface area contributed by atoms with Crippen LogP contribution >= 0.6 is 0 Å². The molecule has 0 fully saturated rings. The second kappa shape index (κ2) is 5.92. The summed E-state index contributed by atoms with van der Waals surface area (Å²) in [5.74, 6) is 0.993. The third-order valence-electron chi connectivity index (χ3n) is 3.33. The highest BCUT2D eigenvalue weighted by Gasteiger charge is 2.16. The molecule has 1 heterocycles. The smallest absolute Gasteiger partial charge is 0.383 e. The monoisotopic (exact) mass is 314 g/mol. The van der Waals surface area contributed by atoms with Gasteiger partial charge in [0.2, 0.25) is 0 Å². The largest absolute Gasteiger partial charge is 0.504 e. The quantitative estimate of drug-likeness (QED) is 0.744. The van der Waals surface area contributed by atoms with Crippen LogP contribution in [0, 0.1) is 0 Å². The number of rotatable bonds is 4. The predicted molar refractivity (Wildman–Crippen MR) is 83.8 cm³/mol. The minimum absolute atomic E-state index is 0.217. The molecule has 1 N–H and O–H groups in total. The van der Waals surface area contributed by atoms with E-state index in [0.717, 1.165) is 0 Å². The third kappa shape index (κ3) is 2.78. The van der Waals surface area contributed by atoms with Gasteiger partial charge in [-0.15, -0.1) is 0 Å². The average molecular weight is 314 g/mol. The zero-order valence-corrected chi connectivity index (χ0v) is 12.5. The lowest BCUT2D eigenvalue weighted by Gasteiger charge is -2.09. The summed E-state index contributed by atoms with van der Waals surface area (Å²) in [6.07, 6.45) is 0. The van der Waals surface area contributed by atoms with E-state index in [0.29, 0.717) is 22.6 Å². The Balaban J connectivity index is 2.04. The standard InChI is InChI=1S/C17H14O6/c1-20-10-3-5-11(6-4-10)22-16-15(18)13-8-7-12(21-2)9-14(13)23-17(16)19/h3-9,18H,1-2H3. The van der Waals surface area contributed by atoms with Crippen LogP contribution in [0.5, 0.6) is 28.7 Å². The van der Waals surface area contributed by atoms with Crippen molar-refractivity contribution in [3.8, 4) is 28.7 Å². The van der Waals surface area contributed by atoms with Crippen molar-refractivity contribution in [1.29, 1.82) is 0 Å². The van der Waals surface area contributed by atoms with Gasteiger partial charge < -0.3 is 23.7 Å². The Labute approximate surface area is 131 Å². The first kappa shape index (κ1) is 14.8. The first-order valence-electron chi connectivity index (χ1n) is 6.78. The minimum atomic E-state index is -0.779. The van der Waals surface area contributed by atoms with Gasteiger partial charge in [-0.05, 0) is 36.4 Å². The molecule has 0 saturated carbocycles. The summed E-state index contributed by atoms with van der Waals surface area (Å²) in [6, 6.07) is 11.4. The SMILES string of the molecule is COc1ccc(Oc2c(O)c3ccc(OC)cc3oc2=O)cc1. The highest BCUT2D eigenvalue weighted by atomic mass is 16.5. The fourth-order valence-electron chi connectivity index (χ4n) is 2.13. The van der Waals surface area contributed by atoms with Gasteiger partial charge in [0.05, 0.1) is 19.6 Å². The summed E-state index contributed by atoms with van der Waals surface area (Å²) >= 11 is 0. The lowest BCUT2D eigenvalue weighted by Crippen LogP contribution is -2.04. The Morgan fingerprint density at radius 2 is 1.52 bits per heavy atom. The van der Waals surface area contributed by atoms with E-state index in [2.05, 4.69) is 0 Å². The molecule has 0 saturated heterocycles. The molecule has 0 aliphatic heterocycles. The van der Waals surface area contributed by atoms with Crippen LogP contribution in [0.4, 0.5) is 0 Å². The number of ether oxygens (including phenoxy) is 3. The van der Waals surface area contributed by atoms with E-state index in [1.165, 1.54) is 13.2 Å². The van der Waals surface area contributed by atoms with E-state index >= 15 is 0 Å². The molecule has 0 radical (unpaired) electrons. The number of hydrogen-bond acceptors (Lipinski definition) is 6. The Morgan fingerprint density at radius 3 is 2.17 bits per heavy atom. The van der Waals surface area contributed by atoms with E-state index in [4.69, 9.17) is 18.6 Å². The maximum absolute atomic E-state index is 12.1. The van der Waals surface area contributed by atoms with E-state index in [-0.39, 0.29) is 17.1 Å². The molecule has 0 bridgehead atoms. The average Bonchev–Trinajstić information content (AvgIpc) is 2.58. The van der Waals surface area contributed by atoms with Gasteiger partial charge in [0.1, 0.15) is 22.8 Å². The van der Waals surface area contributed by atoms with Crippen LogP contribution in [-0.4, -0.2) is 19.3 Å². The summed E-state index contributed by atoms with van der Waals surface area (Å²) < 4.78 is 20.8.